The summed E-state index contributed by atoms with van der Waals surface area (Å²) in [6.45, 7) is 6.31. The SMILES string of the molecule is CC(=O)N1CCCc2ccc(NC(=O)CNC(=O)CCC(C)C)cc21. The highest BCUT2D eigenvalue weighted by molar-refractivity contribution is 5.97. The number of amides is 3. The molecule has 0 atom stereocenters. The van der Waals surface area contributed by atoms with Crippen molar-refractivity contribution in [2.24, 2.45) is 5.92 Å². The fraction of sp³-hybridized carbons (Fsp3) is 0.526. The van der Waals surface area contributed by atoms with Gasteiger partial charge in [-0.1, -0.05) is 19.9 Å². The lowest BCUT2D eigenvalue weighted by Crippen LogP contribution is -2.34. The van der Waals surface area contributed by atoms with Crippen molar-refractivity contribution in [1.82, 2.24) is 5.32 Å². The molecule has 0 aliphatic carbocycles. The van der Waals surface area contributed by atoms with Gasteiger partial charge in [-0.05, 0) is 42.9 Å². The topological polar surface area (TPSA) is 78.5 Å². The van der Waals surface area contributed by atoms with Crippen LogP contribution in [0.3, 0.4) is 0 Å². The summed E-state index contributed by atoms with van der Waals surface area (Å²) in [7, 11) is 0. The summed E-state index contributed by atoms with van der Waals surface area (Å²) < 4.78 is 0. The van der Waals surface area contributed by atoms with Crippen molar-refractivity contribution in [2.75, 3.05) is 23.3 Å². The van der Waals surface area contributed by atoms with Crippen LogP contribution in [0, 0.1) is 5.92 Å². The number of hydrogen-bond donors (Lipinski definition) is 2. The van der Waals surface area contributed by atoms with Crippen LogP contribution in [0.1, 0.15) is 45.6 Å². The third-order valence-corrected chi connectivity index (χ3v) is 4.26. The summed E-state index contributed by atoms with van der Waals surface area (Å²) in [5, 5.41) is 5.41. The average Bonchev–Trinajstić information content (AvgIpc) is 2.57. The van der Waals surface area contributed by atoms with E-state index in [0.717, 1.165) is 30.5 Å². The predicted octanol–water partition coefficient (Wildman–Crippen LogP) is 2.48. The van der Waals surface area contributed by atoms with Crippen molar-refractivity contribution in [2.45, 2.75) is 46.5 Å². The lowest BCUT2D eigenvalue weighted by molar-refractivity contribution is -0.124. The summed E-state index contributed by atoms with van der Waals surface area (Å²) in [4.78, 5) is 37.2. The summed E-state index contributed by atoms with van der Waals surface area (Å²) in [6, 6.07) is 5.61. The van der Waals surface area contributed by atoms with Crippen molar-refractivity contribution >= 4 is 29.1 Å². The van der Waals surface area contributed by atoms with Gasteiger partial charge in [0, 0.05) is 31.3 Å². The summed E-state index contributed by atoms with van der Waals surface area (Å²) >= 11 is 0. The van der Waals surface area contributed by atoms with Crippen molar-refractivity contribution in [3.05, 3.63) is 23.8 Å². The van der Waals surface area contributed by atoms with Gasteiger partial charge in [-0.25, -0.2) is 0 Å². The monoisotopic (exact) mass is 345 g/mol. The molecule has 0 aromatic heterocycles. The Labute approximate surface area is 149 Å². The largest absolute Gasteiger partial charge is 0.347 e. The Balaban J connectivity index is 1.92. The third kappa shape index (κ3) is 5.59. The standard InChI is InChI=1S/C19H27N3O3/c1-13(2)6-9-18(24)20-12-19(25)21-16-8-7-15-5-4-10-22(14(3)23)17(15)11-16/h7-8,11,13H,4-6,9-10,12H2,1-3H3,(H,20,24)(H,21,25). The second-order valence-electron chi connectivity index (χ2n) is 6.88. The number of nitrogens with zero attached hydrogens (tertiary/aromatic N) is 1. The van der Waals surface area contributed by atoms with Crippen LogP contribution in [0.2, 0.25) is 0 Å². The average molecular weight is 345 g/mol. The molecule has 136 valence electrons. The van der Waals surface area contributed by atoms with Gasteiger partial charge in [0.2, 0.25) is 17.7 Å². The predicted molar refractivity (Wildman–Crippen MR) is 98.5 cm³/mol. The first kappa shape index (κ1) is 19.0. The second kappa shape index (κ2) is 8.65. The van der Waals surface area contributed by atoms with Crippen molar-refractivity contribution in [3.8, 4) is 0 Å². The van der Waals surface area contributed by atoms with E-state index in [0.29, 0.717) is 24.6 Å². The highest BCUT2D eigenvalue weighted by Crippen LogP contribution is 2.30. The zero-order valence-electron chi connectivity index (χ0n) is 15.2. The van der Waals surface area contributed by atoms with E-state index in [4.69, 9.17) is 0 Å². The number of hydrogen-bond acceptors (Lipinski definition) is 3. The van der Waals surface area contributed by atoms with Gasteiger partial charge in [-0.15, -0.1) is 0 Å². The van der Waals surface area contributed by atoms with Gasteiger partial charge >= 0.3 is 0 Å². The smallest absolute Gasteiger partial charge is 0.243 e. The van der Waals surface area contributed by atoms with E-state index in [1.54, 1.807) is 11.8 Å². The molecule has 1 aliphatic heterocycles. The Morgan fingerprint density at radius 3 is 2.64 bits per heavy atom. The van der Waals surface area contributed by atoms with Crippen molar-refractivity contribution in [3.63, 3.8) is 0 Å². The summed E-state index contributed by atoms with van der Waals surface area (Å²) in [5.74, 6) is 0.0706. The molecule has 6 nitrogen and oxygen atoms in total. The Morgan fingerprint density at radius 2 is 1.96 bits per heavy atom. The molecule has 1 heterocycles. The number of anilines is 2. The molecule has 1 aliphatic rings. The van der Waals surface area contributed by atoms with Crippen LogP contribution >= 0.6 is 0 Å². The lowest BCUT2D eigenvalue weighted by Gasteiger charge is -2.29. The first-order valence-electron chi connectivity index (χ1n) is 8.84. The Bertz CT molecular complexity index is 655. The fourth-order valence-corrected chi connectivity index (χ4v) is 2.87. The molecule has 0 unspecified atom stereocenters. The lowest BCUT2D eigenvalue weighted by atomic mass is 10.0. The second-order valence-corrected chi connectivity index (χ2v) is 6.88. The number of benzene rings is 1. The molecule has 0 saturated heterocycles. The number of nitrogens with one attached hydrogen (secondary N) is 2. The molecule has 1 aromatic rings. The molecular formula is C19H27N3O3. The van der Waals surface area contributed by atoms with E-state index in [1.165, 1.54) is 0 Å². The van der Waals surface area contributed by atoms with Gasteiger partial charge in [0.05, 0.1) is 6.54 Å². The van der Waals surface area contributed by atoms with E-state index in [1.807, 2.05) is 18.2 Å². The molecule has 0 fully saturated rings. The van der Waals surface area contributed by atoms with E-state index in [2.05, 4.69) is 24.5 Å². The van der Waals surface area contributed by atoms with Crippen LogP contribution in [0.5, 0.6) is 0 Å². The van der Waals surface area contributed by atoms with Crippen LogP contribution in [0.15, 0.2) is 18.2 Å². The molecule has 25 heavy (non-hydrogen) atoms. The molecule has 1 aromatic carbocycles. The molecular weight excluding hydrogens is 318 g/mol. The molecule has 3 amide bonds. The number of carbonyl (C=O) groups excluding carboxylic acids is 3. The van der Waals surface area contributed by atoms with Crippen LogP contribution in [0.4, 0.5) is 11.4 Å². The van der Waals surface area contributed by atoms with Crippen LogP contribution in [-0.2, 0) is 20.8 Å². The first-order chi connectivity index (χ1) is 11.9. The van der Waals surface area contributed by atoms with Gasteiger partial charge in [0.1, 0.15) is 0 Å². The highest BCUT2D eigenvalue weighted by Gasteiger charge is 2.20. The van der Waals surface area contributed by atoms with Crippen LogP contribution in [0.25, 0.3) is 0 Å². The maximum Gasteiger partial charge on any atom is 0.243 e. The van der Waals surface area contributed by atoms with Crippen LogP contribution in [-0.4, -0.2) is 30.8 Å². The first-order valence-corrected chi connectivity index (χ1v) is 8.84. The maximum atomic E-state index is 12.0. The minimum Gasteiger partial charge on any atom is -0.347 e. The summed E-state index contributed by atoms with van der Waals surface area (Å²) in [5.41, 5.74) is 2.60. The minimum absolute atomic E-state index is 0.00171. The highest BCUT2D eigenvalue weighted by atomic mass is 16.2. The van der Waals surface area contributed by atoms with E-state index < -0.39 is 0 Å². The third-order valence-electron chi connectivity index (χ3n) is 4.26. The zero-order valence-corrected chi connectivity index (χ0v) is 15.2. The molecule has 0 saturated carbocycles. The molecule has 2 N–H and O–H groups in total. The van der Waals surface area contributed by atoms with E-state index in [9.17, 15) is 14.4 Å². The minimum atomic E-state index is -0.275. The quantitative estimate of drug-likeness (QED) is 0.831. The normalized spacial score (nSPS) is 13.4. The Kier molecular flexibility index (Phi) is 6.56. The fourth-order valence-electron chi connectivity index (χ4n) is 2.87. The van der Waals surface area contributed by atoms with Crippen molar-refractivity contribution in [1.29, 1.82) is 0 Å². The maximum absolute atomic E-state index is 12.0. The molecule has 2 rings (SSSR count). The van der Waals surface area contributed by atoms with Gasteiger partial charge in [0.25, 0.3) is 0 Å². The van der Waals surface area contributed by atoms with Gasteiger partial charge in [0.15, 0.2) is 0 Å². The molecule has 0 radical (unpaired) electrons. The van der Waals surface area contributed by atoms with Gasteiger partial charge in [-0.2, -0.15) is 0 Å². The Hall–Kier alpha value is -2.37. The molecule has 0 spiro atoms. The number of aryl methyl sites for hydroxylation is 1. The van der Waals surface area contributed by atoms with Gasteiger partial charge < -0.3 is 15.5 Å². The van der Waals surface area contributed by atoms with Crippen molar-refractivity contribution < 1.29 is 14.4 Å². The number of rotatable bonds is 6. The zero-order chi connectivity index (χ0) is 18.4. The van der Waals surface area contributed by atoms with E-state index >= 15 is 0 Å². The molecule has 0 bridgehead atoms. The number of carbonyl (C=O) groups is 3. The van der Waals surface area contributed by atoms with Gasteiger partial charge in [-0.3, -0.25) is 14.4 Å². The summed E-state index contributed by atoms with van der Waals surface area (Å²) in [6.07, 6.45) is 3.11. The van der Waals surface area contributed by atoms with Crippen LogP contribution < -0.4 is 15.5 Å². The number of fused-ring (bicyclic) bond motifs is 1. The van der Waals surface area contributed by atoms with E-state index in [-0.39, 0.29) is 24.3 Å². The molecule has 6 heteroatoms. The Morgan fingerprint density at radius 1 is 1.20 bits per heavy atom.